The highest BCUT2D eigenvalue weighted by atomic mass is 35.5. The molecule has 1 nitrogen and oxygen atoms in total. The van der Waals surface area contributed by atoms with E-state index in [1.807, 2.05) is 18.2 Å². The van der Waals surface area contributed by atoms with Crippen LogP contribution in [0.15, 0.2) is 24.3 Å². The molecule has 0 aromatic heterocycles. The predicted octanol–water partition coefficient (Wildman–Crippen LogP) is 4.21. The molecule has 1 rings (SSSR count). The van der Waals surface area contributed by atoms with E-state index in [4.69, 9.17) is 17.3 Å². The van der Waals surface area contributed by atoms with E-state index >= 15 is 0 Å². The van der Waals surface area contributed by atoms with Crippen LogP contribution >= 0.6 is 11.6 Å². The Morgan fingerprint density at radius 3 is 2.31 bits per heavy atom. The van der Waals surface area contributed by atoms with Gasteiger partial charge < -0.3 is 5.73 Å². The lowest BCUT2D eigenvalue weighted by Crippen LogP contribution is -2.16. The summed E-state index contributed by atoms with van der Waals surface area (Å²) >= 11 is 6.21. The first-order valence-electron chi connectivity index (χ1n) is 6.17. The van der Waals surface area contributed by atoms with E-state index in [1.165, 1.54) is 18.4 Å². The van der Waals surface area contributed by atoms with Crippen molar-refractivity contribution in [3.63, 3.8) is 0 Å². The zero-order valence-corrected chi connectivity index (χ0v) is 11.0. The SMILES string of the molecule is CCC(CC)CC(CN)c1ccccc1Cl. The molecule has 90 valence electrons. The summed E-state index contributed by atoms with van der Waals surface area (Å²) in [5.74, 6) is 1.16. The van der Waals surface area contributed by atoms with E-state index in [9.17, 15) is 0 Å². The van der Waals surface area contributed by atoms with Crippen molar-refractivity contribution < 1.29 is 0 Å². The van der Waals surface area contributed by atoms with Gasteiger partial charge in [0.15, 0.2) is 0 Å². The number of hydrogen-bond acceptors (Lipinski definition) is 1. The summed E-state index contributed by atoms with van der Waals surface area (Å²) in [7, 11) is 0. The Bertz CT molecular complexity index is 307. The molecule has 1 aromatic rings. The molecule has 0 heterocycles. The zero-order chi connectivity index (χ0) is 12.0. The second-order valence-electron chi connectivity index (χ2n) is 4.37. The normalized spacial score (nSPS) is 13.1. The number of nitrogens with two attached hydrogens (primary N) is 1. The molecule has 0 fully saturated rings. The second-order valence-corrected chi connectivity index (χ2v) is 4.78. The van der Waals surface area contributed by atoms with Gasteiger partial charge in [-0.3, -0.25) is 0 Å². The largest absolute Gasteiger partial charge is 0.330 e. The van der Waals surface area contributed by atoms with Crippen LogP contribution in [-0.4, -0.2) is 6.54 Å². The van der Waals surface area contributed by atoms with Gasteiger partial charge in [-0.25, -0.2) is 0 Å². The Morgan fingerprint density at radius 2 is 1.81 bits per heavy atom. The summed E-state index contributed by atoms with van der Waals surface area (Å²) < 4.78 is 0. The average molecular weight is 240 g/mol. The van der Waals surface area contributed by atoms with Gasteiger partial charge in [-0.15, -0.1) is 0 Å². The van der Waals surface area contributed by atoms with Crippen molar-refractivity contribution in [3.05, 3.63) is 34.9 Å². The van der Waals surface area contributed by atoms with Crippen molar-refractivity contribution in [3.8, 4) is 0 Å². The van der Waals surface area contributed by atoms with Gasteiger partial charge in [-0.05, 0) is 36.4 Å². The molecule has 0 aliphatic carbocycles. The fourth-order valence-corrected chi connectivity index (χ4v) is 2.47. The summed E-state index contributed by atoms with van der Waals surface area (Å²) in [6.07, 6.45) is 3.59. The molecule has 0 bridgehead atoms. The first kappa shape index (κ1) is 13.5. The summed E-state index contributed by atoms with van der Waals surface area (Å²) in [6, 6.07) is 8.06. The third kappa shape index (κ3) is 3.50. The molecule has 1 unspecified atom stereocenters. The first-order chi connectivity index (χ1) is 7.72. The Balaban J connectivity index is 2.78. The van der Waals surface area contributed by atoms with Crippen molar-refractivity contribution in [1.82, 2.24) is 0 Å². The van der Waals surface area contributed by atoms with Crippen LogP contribution in [0.4, 0.5) is 0 Å². The lowest BCUT2D eigenvalue weighted by atomic mass is 9.86. The molecule has 0 saturated heterocycles. The lowest BCUT2D eigenvalue weighted by molar-refractivity contribution is 0.413. The highest BCUT2D eigenvalue weighted by Crippen LogP contribution is 2.30. The monoisotopic (exact) mass is 239 g/mol. The van der Waals surface area contributed by atoms with Crippen molar-refractivity contribution in [2.75, 3.05) is 6.54 Å². The summed E-state index contributed by atoms with van der Waals surface area (Å²) in [5.41, 5.74) is 7.08. The maximum atomic E-state index is 6.21. The Kier molecular flexibility index (Phi) is 5.86. The molecule has 0 saturated carbocycles. The predicted molar refractivity (Wildman–Crippen MR) is 71.9 cm³/mol. The van der Waals surface area contributed by atoms with Crippen LogP contribution < -0.4 is 5.73 Å². The summed E-state index contributed by atoms with van der Waals surface area (Å²) in [6.45, 7) is 5.17. The van der Waals surface area contributed by atoms with Crippen LogP contribution in [0.3, 0.4) is 0 Å². The molecule has 0 amide bonds. The minimum absolute atomic E-state index is 0.401. The smallest absolute Gasteiger partial charge is 0.0441 e. The molecular weight excluding hydrogens is 218 g/mol. The third-order valence-electron chi connectivity index (χ3n) is 3.40. The van der Waals surface area contributed by atoms with Crippen LogP contribution in [0, 0.1) is 5.92 Å². The molecule has 2 N–H and O–H groups in total. The average Bonchev–Trinajstić information content (AvgIpc) is 2.32. The number of benzene rings is 1. The van der Waals surface area contributed by atoms with Crippen molar-refractivity contribution in [1.29, 1.82) is 0 Å². The Labute approximate surface area is 104 Å². The van der Waals surface area contributed by atoms with Gasteiger partial charge in [-0.1, -0.05) is 56.5 Å². The van der Waals surface area contributed by atoms with Crippen molar-refractivity contribution in [2.45, 2.75) is 39.0 Å². The number of rotatable bonds is 6. The quantitative estimate of drug-likeness (QED) is 0.791. The standard InChI is InChI=1S/C14H22ClN/c1-3-11(4-2)9-12(10-16)13-7-5-6-8-14(13)15/h5-8,11-12H,3-4,9-10,16H2,1-2H3. The molecule has 1 atom stereocenters. The van der Waals surface area contributed by atoms with E-state index in [-0.39, 0.29) is 0 Å². The van der Waals surface area contributed by atoms with Gasteiger partial charge >= 0.3 is 0 Å². The van der Waals surface area contributed by atoms with E-state index < -0.39 is 0 Å². The number of halogens is 1. The molecule has 16 heavy (non-hydrogen) atoms. The maximum absolute atomic E-state index is 6.21. The van der Waals surface area contributed by atoms with E-state index in [1.54, 1.807) is 0 Å². The highest BCUT2D eigenvalue weighted by molar-refractivity contribution is 6.31. The van der Waals surface area contributed by atoms with Crippen LogP contribution in [0.5, 0.6) is 0 Å². The van der Waals surface area contributed by atoms with Gasteiger partial charge in [0.1, 0.15) is 0 Å². The van der Waals surface area contributed by atoms with Gasteiger partial charge in [0.05, 0.1) is 0 Å². The van der Waals surface area contributed by atoms with E-state index in [0.29, 0.717) is 12.5 Å². The molecule has 1 aromatic carbocycles. The van der Waals surface area contributed by atoms with Gasteiger partial charge in [0.25, 0.3) is 0 Å². The van der Waals surface area contributed by atoms with Gasteiger partial charge in [-0.2, -0.15) is 0 Å². The van der Waals surface area contributed by atoms with Crippen LogP contribution in [0.25, 0.3) is 0 Å². The highest BCUT2D eigenvalue weighted by Gasteiger charge is 2.16. The van der Waals surface area contributed by atoms with Crippen LogP contribution in [0.1, 0.15) is 44.6 Å². The molecule has 0 spiro atoms. The minimum Gasteiger partial charge on any atom is -0.330 e. The topological polar surface area (TPSA) is 26.0 Å². The molecule has 0 aliphatic rings. The molecular formula is C14H22ClN. The summed E-state index contributed by atoms with van der Waals surface area (Å²) in [4.78, 5) is 0. The fourth-order valence-electron chi connectivity index (χ4n) is 2.18. The van der Waals surface area contributed by atoms with Crippen molar-refractivity contribution >= 4 is 11.6 Å². The lowest BCUT2D eigenvalue weighted by Gasteiger charge is -2.21. The minimum atomic E-state index is 0.401. The van der Waals surface area contributed by atoms with E-state index in [2.05, 4.69) is 19.9 Å². The second kappa shape index (κ2) is 6.93. The zero-order valence-electron chi connectivity index (χ0n) is 10.2. The molecule has 0 radical (unpaired) electrons. The van der Waals surface area contributed by atoms with Gasteiger partial charge in [0.2, 0.25) is 0 Å². The molecule has 2 heteroatoms. The Morgan fingerprint density at radius 1 is 1.19 bits per heavy atom. The third-order valence-corrected chi connectivity index (χ3v) is 3.75. The molecule has 0 aliphatic heterocycles. The summed E-state index contributed by atoms with van der Waals surface area (Å²) in [5, 5.41) is 0.851. The van der Waals surface area contributed by atoms with Gasteiger partial charge in [0, 0.05) is 5.02 Å². The maximum Gasteiger partial charge on any atom is 0.0441 e. The van der Waals surface area contributed by atoms with E-state index in [0.717, 1.165) is 17.4 Å². The van der Waals surface area contributed by atoms with Crippen LogP contribution in [-0.2, 0) is 0 Å². The van der Waals surface area contributed by atoms with Crippen LogP contribution in [0.2, 0.25) is 5.02 Å². The Hall–Kier alpha value is -0.530. The number of hydrogen-bond donors (Lipinski definition) is 1. The fraction of sp³-hybridized carbons (Fsp3) is 0.571. The first-order valence-corrected chi connectivity index (χ1v) is 6.55. The van der Waals surface area contributed by atoms with Crippen molar-refractivity contribution in [2.24, 2.45) is 11.7 Å².